The summed E-state index contributed by atoms with van der Waals surface area (Å²) in [5, 5.41) is 16.5. The Balaban J connectivity index is 1.60. The average molecular weight is 423 g/mol. The molecule has 0 amide bonds. The summed E-state index contributed by atoms with van der Waals surface area (Å²) in [4.78, 5) is 10.9. The van der Waals surface area contributed by atoms with Crippen LogP contribution in [0.3, 0.4) is 0 Å². The Morgan fingerprint density at radius 1 is 1.13 bits per heavy atom. The third kappa shape index (κ3) is 3.69. The van der Waals surface area contributed by atoms with Gasteiger partial charge in [0.05, 0.1) is 30.2 Å². The van der Waals surface area contributed by atoms with Crippen molar-refractivity contribution in [3.05, 3.63) is 81.9 Å². The van der Waals surface area contributed by atoms with Gasteiger partial charge in [0.2, 0.25) is 6.29 Å². The largest absolute Gasteiger partial charge is 0.454 e. The fraction of sp³-hybridized carbons (Fsp3) is 0.227. The van der Waals surface area contributed by atoms with Crippen LogP contribution in [-0.2, 0) is 16.0 Å². The molecule has 2 aromatic heterocycles. The minimum atomic E-state index is -0.594. The molecule has 1 aliphatic heterocycles. The van der Waals surface area contributed by atoms with Gasteiger partial charge >= 0.3 is 0 Å². The smallest absolute Gasteiger partial charge is 0.270 e. The van der Waals surface area contributed by atoms with E-state index in [1.165, 1.54) is 18.2 Å². The molecule has 0 bridgehead atoms. The predicted molar refractivity (Wildman–Crippen MR) is 109 cm³/mol. The number of non-ortho nitro benzene ring substituents is 1. The summed E-state index contributed by atoms with van der Waals surface area (Å²) in [6.07, 6.45) is 0.224. The van der Waals surface area contributed by atoms with Crippen LogP contribution in [-0.4, -0.2) is 27.9 Å². The summed E-state index contributed by atoms with van der Waals surface area (Å²) >= 11 is 0. The van der Waals surface area contributed by atoms with Crippen LogP contribution in [0.5, 0.6) is 0 Å². The summed E-state index contributed by atoms with van der Waals surface area (Å²) in [6, 6.07) is 14.4. The van der Waals surface area contributed by atoms with Crippen molar-refractivity contribution in [1.82, 2.24) is 9.78 Å². The number of hydrogen-bond acceptors (Lipinski definition) is 6. The van der Waals surface area contributed by atoms with Crippen LogP contribution in [0.2, 0.25) is 0 Å². The first kappa shape index (κ1) is 19.4. The van der Waals surface area contributed by atoms with Gasteiger partial charge in [-0.3, -0.25) is 14.8 Å². The molecule has 31 heavy (non-hydrogen) atoms. The maximum absolute atomic E-state index is 14.2. The van der Waals surface area contributed by atoms with Crippen LogP contribution in [0.25, 0.3) is 22.4 Å². The second-order valence-corrected chi connectivity index (χ2v) is 7.19. The Morgan fingerprint density at radius 2 is 1.94 bits per heavy atom. The lowest BCUT2D eigenvalue weighted by atomic mass is 10.1. The van der Waals surface area contributed by atoms with Gasteiger partial charge < -0.3 is 13.9 Å². The molecule has 5 rings (SSSR count). The maximum Gasteiger partial charge on any atom is 0.270 e. The first-order valence-corrected chi connectivity index (χ1v) is 9.82. The summed E-state index contributed by atoms with van der Waals surface area (Å²) in [7, 11) is 0. The Hall–Kier alpha value is -3.56. The second-order valence-electron chi connectivity index (χ2n) is 7.19. The number of rotatable bonds is 5. The molecule has 0 unspecified atom stereocenters. The molecule has 0 aliphatic carbocycles. The number of benzene rings is 2. The summed E-state index contributed by atoms with van der Waals surface area (Å²) in [5.41, 5.74) is 1.45. The van der Waals surface area contributed by atoms with E-state index in [1.54, 1.807) is 41.1 Å². The minimum absolute atomic E-state index is 0.0649. The minimum Gasteiger partial charge on any atom is -0.454 e. The average Bonchev–Trinajstić information content (AvgIpc) is 3.41. The Bertz CT molecular complexity index is 1260. The first-order chi connectivity index (χ1) is 15.1. The van der Waals surface area contributed by atoms with Gasteiger partial charge in [-0.05, 0) is 30.7 Å². The zero-order valence-electron chi connectivity index (χ0n) is 16.4. The zero-order chi connectivity index (χ0) is 21.4. The topological polar surface area (TPSA) is 92.6 Å². The molecule has 3 heterocycles. The van der Waals surface area contributed by atoms with E-state index in [-0.39, 0.29) is 18.0 Å². The highest BCUT2D eigenvalue weighted by atomic mass is 19.1. The van der Waals surface area contributed by atoms with Crippen LogP contribution in [0.15, 0.2) is 59.0 Å². The van der Waals surface area contributed by atoms with E-state index in [0.717, 1.165) is 6.42 Å². The van der Waals surface area contributed by atoms with E-state index in [1.807, 2.05) is 0 Å². The van der Waals surface area contributed by atoms with Gasteiger partial charge in [0.15, 0.2) is 11.5 Å². The SMILES string of the molecule is O=[N+]([O-])c1ccc2c(c1)c(-c1ccc(C3OCCCO3)o1)nn2Cc1ccccc1F. The van der Waals surface area contributed by atoms with Crippen molar-refractivity contribution in [2.75, 3.05) is 13.2 Å². The lowest BCUT2D eigenvalue weighted by molar-refractivity contribution is -0.384. The van der Waals surface area contributed by atoms with Crippen LogP contribution in [0, 0.1) is 15.9 Å². The van der Waals surface area contributed by atoms with E-state index >= 15 is 0 Å². The van der Waals surface area contributed by atoms with Crippen molar-refractivity contribution >= 4 is 16.6 Å². The normalized spacial score (nSPS) is 14.9. The van der Waals surface area contributed by atoms with Gasteiger partial charge in [0.25, 0.3) is 5.69 Å². The fourth-order valence-corrected chi connectivity index (χ4v) is 3.63. The van der Waals surface area contributed by atoms with Crippen molar-refractivity contribution in [2.24, 2.45) is 0 Å². The summed E-state index contributed by atoms with van der Waals surface area (Å²) in [6.45, 7) is 1.32. The standard InChI is InChI=1S/C22H18FN3O5/c23-17-5-2-1-4-14(17)13-25-18-7-6-15(26(27)28)12-16(18)21(24-25)19-8-9-20(31-19)22-29-10-3-11-30-22/h1-2,4-9,12,22H,3,10-11,13H2. The highest BCUT2D eigenvalue weighted by Crippen LogP contribution is 2.34. The van der Waals surface area contributed by atoms with Crippen LogP contribution in [0.4, 0.5) is 10.1 Å². The molecule has 0 atom stereocenters. The van der Waals surface area contributed by atoms with Gasteiger partial charge in [-0.15, -0.1) is 0 Å². The third-order valence-electron chi connectivity index (χ3n) is 5.14. The summed E-state index contributed by atoms with van der Waals surface area (Å²) in [5.74, 6) is 0.573. The number of fused-ring (bicyclic) bond motifs is 1. The Kier molecular flexibility index (Phi) is 4.97. The number of nitrogens with zero attached hydrogens (tertiary/aromatic N) is 3. The molecular formula is C22H18FN3O5. The molecule has 1 fully saturated rings. The molecular weight excluding hydrogens is 405 g/mol. The fourth-order valence-electron chi connectivity index (χ4n) is 3.63. The number of hydrogen-bond donors (Lipinski definition) is 0. The van der Waals surface area contributed by atoms with Gasteiger partial charge in [-0.1, -0.05) is 18.2 Å². The van der Waals surface area contributed by atoms with Gasteiger partial charge in [-0.2, -0.15) is 5.10 Å². The second kappa shape index (κ2) is 7.93. The maximum atomic E-state index is 14.2. The van der Waals surface area contributed by atoms with Crippen molar-refractivity contribution in [3.8, 4) is 11.5 Å². The molecule has 9 heteroatoms. The lowest BCUT2D eigenvalue weighted by Crippen LogP contribution is -2.17. The number of aromatic nitrogens is 2. The molecule has 4 aromatic rings. The highest BCUT2D eigenvalue weighted by molar-refractivity contribution is 5.93. The molecule has 1 saturated heterocycles. The zero-order valence-corrected chi connectivity index (χ0v) is 16.4. The van der Waals surface area contributed by atoms with Gasteiger partial charge in [0, 0.05) is 23.1 Å². The molecule has 0 saturated carbocycles. The molecule has 1 aliphatic rings. The number of furan rings is 1. The number of halogens is 1. The Labute approximate surface area is 175 Å². The molecule has 158 valence electrons. The monoisotopic (exact) mass is 423 g/mol. The van der Waals surface area contributed by atoms with Gasteiger partial charge in [0.1, 0.15) is 11.5 Å². The van der Waals surface area contributed by atoms with Crippen molar-refractivity contribution in [1.29, 1.82) is 0 Å². The van der Waals surface area contributed by atoms with E-state index in [9.17, 15) is 14.5 Å². The molecule has 0 radical (unpaired) electrons. The van der Waals surface area contributed by atoms with E-state index < -0.39 is 11.2 Å². The van der Waals surface area contributed by atoms with E-state index in [2.05, 4.69) is 5.10 Å². The third-order valence-corrected chi connectivity index (χ3v) is 5.14. The van der Waals surface area contributed by atoms with E-state index in [4.69, 9.17) is 13.9 Å². The van der Waals surface area contributed by atoms with Crippen LogP contribution >= 0.6 is 0 Å². The highest BCUT2D eigenvalue weighted by Gasteiger charge is 2.23. The molecule has 0 spiro atoms. The molecule has 8 nitrogen and oxygen atoms in total. The van der Waals surface area contributed by atoms with E-state index in [0.29, 0.717) is 46.9 Å². The Morgan fingerprint density at radius 3 is 2.71 bits per heavy atom. The predicted octanol–water partition coefficient (Wildman–Crippen LogP) is 4.83. The number of nitro benzene ring substituents is 1. The number of ether oxygens (including phenoxy) is 2. The van der Waals surface area contributed by atoms with Crippen LogP contribution < -0.4 is 0 Å². The van der Waals surface area contributed by atoms with Crippen molar-refractivity contribution in [3.63, 3.8) is 0 Å². The van der Waals surface area contributed by atoms with Crippen molar-refractivity contribution in [2.45, 2.75) is 19.3 Å². The quantitative estimate of drug-likeness (QED) is 0.337. The lowest BCUT2D eigenvalue weighted by Gasteiger charge is -2.21. The summed E-state index contributed by atoms with van der Waals surface area (Å²) < 4.78 is 32.9. The molecule has 2 aromatic carbocycles. The van der Waals surface area contributed by atoms with Crippen LogP contribution in [0.1, 0.15) is 24.0 Å². The number of nitro groups is 1. The van der Waals surface area contributed by atoms with Gasteiger partial charge in [-0.25, -0.2) is 4.39 Å². The van der Waals surface area contributed by atoms with Crippen molar-refractivity contribution < 1.29 is 23.2 Å². The first-order valence-electron chi connectivity index (χ1n) is 9.82. The molecule has 0 N–H and O–H groups in total.